The van der Waals surface area contributed by atoms with Crippen LogP contribution in [0.15, 0.2) is 41.5 Å². The molecular weight excluding hydrogens is 300 g/mol. The summed E-state index contributed by atoms with van der Waals surface area (Å²) in [6.07, 6.45) is 3.96. The van der Waals surface area contributed by atoms with Crippen LogP contribution in [0.4, 0.5) is 0 Å². The minimum Gasteiger partial charge on any atom is -0.382 e. The molecule has 2 aromatic rings. The van der Waals surface area contributed by atoms with Crippen molar-refractivity contribution in [3.8, 4) is 0 Å². The van der Waals surface area contributed by atoms with Gasteiger partial charge in [0.15, 0.2) is 5.96 Å². The fraction of sp³-hybridized carbons (Fsp3) is 0.474. The third kappa shape index (κ3) is 5.81. The van der Waals surface area contributed by atoms with Crippen LogP contribution in [0.5, 0.6) is 0 Å². The number of fused-ring (bicyclic) bond motifs is 1. The third-order valence-electron chi connectivity index (χ3n) is 3.68. The van der Waals surface area contributed by atoms with E-state index >= 15 is 0 Å². The molecule has 0 aliphatic heterocycles. The number of ether oxygens (including phenoxy) is 1. The molecule has 130 valence electrons. The maximum absolute atomic E-state index is 5.35. The average molecular weight is 328 g/mol. The van der Waals surface area contributed by atoms with Gasteiger partial charge in [0.05, 0.1) is 12.1 Å². The van der Waals surface area contributed by atoms with Crippen LogP contribution in [0.25, 0.3) is 10.9 Å². The molecule has 2 rings (SSSR count). The maximum atomic E-state index is 5.35. The Morgan fingerprint density at radius 1 is 1.12 bits per heavy atom. The van der Waals surface area contributed by atoms with Gasteiger partial charge in [0.2, 0.25) is 0 Å². The number of guanidine groups is 1. The summed E-state index contributed by atoms with van der Waals surface area (Å²) in [4.78, 5) is 9.18. The Kier molecular flexibility index (Phi) is 8.04. The van der Waals surface area contributed by atoms with Crippen molar-refractivity contribution >= 4 is 16.9 Å². The van der Waals surface area contributed by atoms with E-state index in [0.29, 0.717) is 6.54 Å². The summed E-state index contributed by atoms with van der Waals surface area (Å²) in [5, 5.41) is 7.82. The van der Waals surface area contributed by atoms with Crippen molar-refractivity contribution in [3.05, 3.63) is 42.1 Å². The van der Waals surface area contributed by atoms with Crippen molar-refractivity contribution < 1.29 is 4.74 Å². The van der Waals surface area contributed by atoms with Gasteiger partial charge >= 0.3 is 0 Å². The van der Waals surface area contributed by atoms with Crippen molar-refractivity contribution in [3.63, 3.8) is 0 Å². The predicted octanol–water partition coefficient (Wildman–Crippen LogP) is 3.11. The minimum absolute atomic E-state index is 0.614. The molecule has 0 atom stereocenters. The fourth-order valence-electron chi connectivity index (χ4n) is 2.48. The largest absolute Gasteiger partial charge is 0.382 e. The number of nitrogens with one attached hydrogen (secondary N) is 2. The van der Waals surface area contributed by atoms with Crippen LogP contribution in [-0.4, -0.2) is 37.2 Å². The van der Waals surface area contributed by atoms with E-state index in [2.05, 4.69) is 46.8 Å². The Bertz CT molecular complexity index is 637. The Morgan fingerprint density at radius 3 is 2.83 bits per heavy atom. The van der Waals surface area contributed by atoms with E-state index in [9.17, 15) is 0 Å². The summed E-state index contributed by atoms with van der Waals surface area (Å²) in [5.41, 5.74) is 2.16. The van der Waals surface area contributed by atoms with Crippen LogP contribution in [-0.2, 0) is 11.3 Å². The highest BCUT2D eigenvalue weighted by Gasteiger charge is 2.02. The molecule has 1 aromatic heterocycles. The molecule has 0 saturated carbocycles. The lowest BCUT2D eigenvalue weighted by Crippen LogP contribution is -2.37. The van der Waals surface area contributed by atoms with E-state index < -0.39 is 0 Å². The number of nitrogens with zero attached hydrogens (tertiary/aromatic N) is 2. The van der Waals surface area contributed by atoms with E-state index in [-0.39, 0.29) is 0 Å². The third-order valence-corrected chi connectivity index (χ3v) is 3.68. The van der Waals surface area contributed by atoms with Gasteiger partial charge in [-0.3, -0.25) is 4.98 Å². The van der Waals surface area contributed by atoms with Gasteiger partial charge in [0, 0.05) is 37.9 Å². The van der Waals surface area contributed by atoms with Gasteiger partial charge in [-0.25, -0.2) is 4.99 Å². The van der Waals surface area contributed by atoms with Crippen LogP contribution < -0.4 is 10.6 Å². The second-order valence-electron chi connectivity index (χ2n) is 5.52. The first-order valence-corrected chi connectivity index (χ1v) is 8.77. The number of hydrogen-bond acceptors (Lipinski definition) is 3. The number of unbranched alkanes of at least 4 members (excludes halogenated alkanes) is 1. The van der Waals surface area contributed by atoms with Crippen LogP contribution in [0.3, 0.4) is 0 Å². The predicted molar refractivity (Wildman–Crippen MR) is 100 cm³/mol. The van der Waals surface area contributed by atoms with Gasteiger partial charge in [0.25, 0.3) is 0 Å². The second-order valence-corrected chi connectivity index (χ2v) is 5.52. The molecule has 0 spiro atoms. The van der Waals surface area contributed by atoms with E-state index in [1.165, 1.54) is 0 Å². The Morgan fingerprint density at radius 2 is 2.00 bits per heavy atom. The van der Waals surface area contributed by atoms with Crippen LogP contribution >= 0.6 is 0 Å². The van der Waals surface area contributed by atoms with Gasteiger partial charge in [-0.2, -0.15) is 0 Å². The number of hydrogen-bond donors (Lipinski definition) is 2. The van der Waals surface area contributed by atoms with Crippen molar-refractivity contribution in [1.29, 1.82) is 0 Å². The van der Waals surface area contributed by atoms with Gasteiger partial charge < -0.3 is 15.4 Å². The monoisotopic (exact) mass is 328 g/mol. The Hall–Kier alpha value is -2.14. The van der Waals surface area contributed by atoms with Crippen LogP contribution in [0, 0.1) is 0 Å². The number of benzene rings is 1. The maximum Gasteiger partial charge on any atom is 0.191 e. The lowest BCUT2D eigenvalue weighted by Gasteiger charge is -2.11. The molecule has 0 fully saturated rings. The zero-order valence-corrected chi connectivity index (χ0v) is 14.7. The van der Waals surface area contributed by atoms with Gasteiger partial charge in [-0.05, 0) is 38.3 Å². The number of para-hydroxylation sites is 1. The van der Waals surface area contributed by atoms with Gasteiger partial charge in [-0.1, -0.05) is 24.3 Å². The molecule has 0 unspecified atom stereocenters. The van der Waals surface area contributed by atoms with Crippen molar-refractivity contribution in [2.75, 3.05) is 26.3 Å². The van der Waals surface area contributed by atoms with Gasteiger partial charge in [0.1, 0.15) is 0 Å². The molecule has 2 N–H and O–H groups in total. The number of pyridine rings is 1. The smallest absolute Gasteiger partial charge is 0.191 e. The zero-order chi connectivity index (χ0) is 17.0. The minimum atomic E-state index is 0.614. The Labute approximate surface area is 144 Å². The standard InChI is InChI=1S/C19H28N4O/c1-3-20-19(22-12-5-6-14-24-4-2)23-15-17-10-7-9-16-11-8-13-21-18(16)17/h7-11,13H,3-6,12,14-15H2,1-2H3,(H2,20,22,23). The van der Waals surface area contributed by atoms with Crippen molar-refractivity contribution in [2.24, 2.45) is 4.99 Å². The average Bonchev–Trinajstić information content (AvgIpc) is 2.62. The SMILES string of the molecule is CCNC(=NCc1cccc2cccnc12)NCCCCOCC. The molecule has 0 bridgehead atoms. The molecule has 0 radical (unpaired) electrons. The number of rotatable bonds is 9. The van der Waals surface area contributed by atoms with E-state index in [1.54, 1.807) is 0 Å². The van der Waals surface area contributed by atoms with E-state index in [1.807, 2.05) is 19.2 Å². The molecule has 5 nitrogen and oxygen atoms in total. The second kappa shape index (κ2) is 10.6. The highest BCUT2D eigenvalue weighted by atomic mass is 16.5. The summed E-state index contributed by atoms with van der Waals surface area (Å²) in [6, 6.07) is 10.3. The number of aliphatic imine (C=N–C) groups is 1. The Balaban J connectivity index is 1.92. The topological polar surface area (TPSA) is 58.5 Å². The molecule has 5 heteroatoms. The lowest BCUT2D eigenvalue weighted by atomic mass is 10.1. The molecule has 24 heavy (non-hydrogen) atoms. The molecule has 0 aliphatic rings. The first-order chi connectivity index (χ1) is 11.8. The normalized spacial score (nSPS) is 11.7. The summed E-state index contributed by atoms with van der Waals surface area (Å²) >= 11 is 0. The van der Waals surface area contributed by atoms with Crippen molar-refractivity contribution in [1.82, 2.24) is 15.6 Å². The van der Waals surface area contributed by atoms with Crippen LogP contribution in [0.2, 0.25) is 0 Å². The quantitative estimate of drug-likeness (QED) is 0.422. The first-order valence-electron chi connectivity index (χ1n) is 8.77. The first kappa shape index (κ1) is 18.2. The van der Waals surface area contributed by atoms with E-state index in [4.69, 9.17) is 9.73 Å². The summed E-state index contributed by atoms with van der Waals surface area (Å²) in [7, 11) is 0. The van der Waals surface area contributed by atoms with E-state index in [0.717, 1.165) is 61.6 Å². The highest BCUT2D eigenvalue weighted by molar-refractivity contribution is 5.83. The lowest BCUT2D eigenvalue weighted by molar-refractivity contribution is 0.143. The molecule has 1 heterocycles. The zero-order valence-electron chi connectivity index (χ0n) is 14.7. The number of aromatic nitrogens is 1. The molecular formula is C19H28N4O. The fourth-order valence-corrected chi connectivity index (χ4v) is 2.48. The molecule has 0 amide bonds. The summed E-state index contributed by atoms with van der Waals surface area (Å²) in [6.45, 7) is 8.07. The summed E-state index contributed by atoms with van der Waals surface area (Å²) < 4.78 is 5.35. The van der Waals surface area contributed by atoms with Crippen LogP contribution in [0.1, 0.15) is 32.3 Å². The summed E-state index contributed by atoms with van der Waals surface area (Å²) in [5.74, 6) is 0.849. The van der Waals surface area contributed by atoms with Crippen molar-refractivity contribution in [2.45, 2.75) is 33.2 Å². The molecule has 1 aromatic carbocycles. The molecule has 0 saturated heterocycles. The molecule has 0 aliphatic carbocycles. The van der Waals surface area contributed by atoms with Gasteiger partial charge in [-0.15, -0.1) is 0 Å². The highest BCUT2D eigenvalue weighted by Crippen LogP contribution is 2.16.